The quantitative estimate of drug-likeness (QED) is 0.610. The van der Waals surface area contributed by atoms with Crippen LogP contribution in [-0.4, -0.2) is 5.78 Å². The van der Waals surface area contributed by atoms with Crippen molar-refractivity contribution in [3.63, 3.8) is 0 Å². The zero-order valence-corrected chi connectivity index (χ0v) is 9.68. The number of hydrogen-bond acceptors (Lipinski definition) is 1. The van der Waals surface area contributed by atoms with Crippen molar-refractivity contribution in [1.82, 2.24) is 0 Å². The van der Waals surface area contributed by atoms with Crippen LogP contribution >= 0.6 is 0 Å². The zero-order chi connectivity index (χ0) is 10.8. The molecule has 1 heteroatoms. The average molecular weight is 192 g/mol. The van der Waals surface area contributed by atoms with E-state index >= 15 is 0 Å². The number of carbonyl (C=O) groups is 1. The molecule has 0 unspecified atom stereocenters. The summed E-state index contributed by atoms with van der Waals surface area (Å²) in [6.07, 6.45) is 6.80. The summed E-state index contributed by atoms with van der Waals surface area (Å²) in [5.41, 5.74) is 2.54. The Bertz CT molecular complexity index is 292. The molecule has 0 aromatic rings. The van der Waals surface area contributed by atoms with Crippen LogP contribution in [-0.2, 0) is 4.79 Å². The zero-order valence-electron chi connectivity index (χ0n) is 9.68. The molecule has 0 saturated heterocycles. The normalized spacial score (nSPS) is 21.7. The first-order chi connectivity index (χ1) is 6.49. The van der Waals surface area contributed by atoms with Gasteiger partial charge in [-0.25, -0.2) is 0 Å². The lowest BCUT2D eigenvalue weighted by Crippen LogP contribution is -2.21. The maximum Gasteiger partial charge on any atom is 0.181 e. The van der Waals surface area contributed by atoms with Crippen molar-refractivity contribution in [2.24, 2.45) is 5.41 Å². The van der Waals surface area contributed by atoms with Gasteiger partial charge in [0.2, 0.25) is 0 Å². The molecular formula is C13H20O. The smallest absolute Gasteiger partial charge is 0.181 e. The molecule has 0 saturated carbocycles. The maximum atomic E-state index is 11.8. The Hall–Kier alpha value is -0.850. The fourth-order valence-electron chi connectivity index (χ4n) is 2.05. The Morgan fingerprint density at radius 3 is 2.64 bits per heavy atom. The molecule has 1 aliphatic carbocycles. The molecule has 0 heterocycles. The molecule has 0 aromatic carbocycles. The highest BCUT2D eigenvalue weighted by Crippen LogP contribution is 2.40. The van der Waals surface area contributed by atoms with Crippen molar-refractivity contribution in [3.8, 4) is 0 Å². The molecule has 0 amide bonds. The van der Waals surface area contributed by atoms with E-state index in [0.29, 0.717) is 0 Å². The number of ketones is 1. The molecule has 14 heavy (non-hydrogen) atoms. The minimum absolute atomic E-state index is 0.206. The first-order valence-corrected chi connectivity index (χ1v) is 5.36. The second kappa shape index (κ2) is 4.12. The van der Waals surface area contributed by atoms with Crippen LogP contribution in [0.3, 0.4) is 0 Å². The summed E-state index contributed by atoms with van der Waals surface area (Å²) in [5, 5.41) is 0. The van der Waals surface area contributed by atoms with E-state index < -0.39 is 0 Å². The van der Waals surface area contributed by atoms with Crippen LogP contribution in [0.2, 0.25) is 0 Å². The van der Waals surface area contributed by atoms with Crippen LogP contribution < -0.4 is 0 Å². The first kappa shape index (κ1) is 11.2. The molecule has 0 radical (unpaired) electrons. The second-order valence-electron chi connectivity index (χ2n) is 4.71. The predicted octanol–water partition coefficient (Wildman–Crippen LogP) is 3.66. The number of rotatable bonds is 2. The van der Waals surface area contributed by atoms with Crippen molar-refractivity contribution < 1.29 is 4.79 Å². The van der Waals surface area contributed by atoms with E-state index in [1.54, 1.807) is 6.08 Å². The van der Waals surface area contributed by atoms with E-state index in [4.69, 9.17) is 0 Å². The van der Waals surface area contributed by atoms with Gasteiger partial charge >= 0.3 is 0 Å². The summed E-state index contributed by atoms with van der Waals surface area (Å²) in [7, 11) is 0. The number of allylic oxidation sites excluding steroid dienone is 4. The summed E-state index contributed by atoms with van der Waals surface area (Å²) in [5.74, 6) is 0.206. The molecule has 1 nitrogen and oxygen atoms in total. The van der Waals surface area contributed by atoms with E-state index in [9.17, 15) is 4.79 Å². The van der Waals surface area contributed by atoms with Gasteiger partial charge in [0.15, 0.2) is 5.78 Å². The van der Waals surface area contributed by atoms with Gasteiger partial charge in [-0.05, 0) is 50.2 Å². The van der Waals surface area contributed by atoms with Gasteiger partial charge in [-0.3, -0.25) is 4.79 Å². The third kappa shape index (κ3) is 2.14. The SMILES string of the molecule is C/C=C\C(=O)C1=C(C)C(C)(C)CCC1. The van der Waals surface area contributed by atoms with Crippen molar-refractivity contribution in [2.75, 3.05) is 0 Å². The van der Waals surface area contributed by atoms with Crippen LogP contribution in [0.15, 0.2) is 23.3 Å². The Labute approximate surface area is 86.9 Å². The molecular weight excluding hydrogens is 172 g/mol. The molecule has 1 rings (SSSR count). The highest BCUT2D eigenvalue weighted by atomic mass is 16.1. The molecule has 0 fully saturated rings. The van der Waals surface area contributed by atoms with Gasteiger partial charge < -0.3 is 0 Å². The molecule has 0 spiro atoms. The van der Waals surface area contributed by atoms with E-state index in [1.807, 2.05) is 13.0 Å². The monoisotopic (exact) mass is 192 g/mol. The van der Waals surface area contributed by atoms with E-state index in [0.717, 1.165) is 18.4 Å². The first-order valence-electron chi connectivity index (χ1n) is 5.36. The molecule has 78 valence electrons. The standard InChI is InChI=1S/C13H20O/c1-5-7-12(14)11-8-6-9-13(3,4)10(11)2/h5,7H,6,8-9H2,1-4H3/b7-5-. The Kier molecular flexibility index (Phi) is 3.30. The molecule has 0 bridgehead atoms. The summed E-state index contributed by atoms with van der Waals surface area (Å²) in [6.45, 7) is 8.45. The Morgan fingerprint density at radius 2 is 2.07 bits per heavy atom. The fourth-order valence-corrected chi connectivity index (χ4v) is 2.05. The molecule has 1 aliphatic rings. The fraction of sp³-hybridized carbons (Fsp3) is 0.615. The molecule has 0 aliphatic heterocycles. The average Bonchev–Trinajstić information content (AvgIpc) is 2.10. The van der Waals surface area contributed by atoms with Gasteiger partial charge in [0, 0.05) is 0 Å². The van der Waals surface area contributed by atoms with Crippen molar-refractivity contribution >= 4 is 5.78 Å². The predicted molar refractivity (Wildman–Crippen MR) is 60.2 cm³/mol. The van der Waals surface area contributed by atoms with E-state index in [-0.39, 0.29) is 11.2 Å². The van der Waals surface area contributed by atoms with Crippen molar-refractivity contribution in [2.45, 2.75) is 47.0 Å². The van der Waals surface area contributed by atoms with Crippen LogP contribution in [0, 0.1) is 5.41 Å². The van der Waals surface area contributed by atoms with Gasteiger partial charge in [0.25, 0.3) is 0 Å². The number of carbonyl (C=O) groups excluding carboxylic acids is 1. The van der Waals surface area contributed by atoms with E-state index in [1.165, 1.54) is 12.0 Å². The minimum Gasteiger partial charge on any atom is -0.290 e. The summed E-state index contributed by atoms with van der Waals surface area (Å²) < 4.78 is 0. The summed E-state index contributed by atoms with van der Waals surface area (Å²) in [4.78, 5) is 11.8. The topological polar surface area (TPSA) is 17.1 Å². The highest BCUT2D eigenvalue weighted by Gasteiger charge is 2.28. The summed E-state index contributed by atoms with van der Waals surface area (Å²) in [6, 6.07) is 0. The highest BCUT2D eigenvalue weighted by molar-refractivity contribution is 6.04. The second-order valence-corrected chi connectivity index (χ2v) is 4.71. The lowest BCUT2D eigenvalue weighted by Gasteiger charge is -2.32. The van der Waals surface area contributed by atoms with Crippen molar-refractivity contribution in [3.05, 3.63) is 23.3 Å². The third-order valence-electron chi connectivity index (χ3n) is 3.31. The number of hydrogen-bond donors (Lipinski definition) is 0. The Balaban J connectivity index is 3.02. The van der Waals surface area contributed by atoms with Crippen LogP contribution in [0.4, 0.5) is 0 Å². The lowest BCUT2D eigenvalue weighted by molar-refractivity contribution is -0.111. The molecule has 0 aromatic heterocycles. The van der Waals surface area contributed by atoms with Gasteiger partial charge in [-0.15, -0.1) is 0 Å². The van der Waals surface area contributed by atoms with Gasteiger partial charge in [0.05, 0.1) is 0 Å². The van der Waals surface area contributed by atoms with Gasteiger partial charge in [-0.1, -0.05) is 25.5 Å². The van der Waals surface area contributed by atoms with Crippen LogP contribution in [0.1, 0.15) is 47.0 Å². The van der Waals surface area contributed by atoms with Gasteiger partial charge in [-0.2, -0.15) is 0 Å². The molecule has 0 atom stereocenters. The van der Waals surface area contributed by atoms with E-state index in [2.05, 4.69) is 20.8 Å². The lowest BCUT2D eigenvalue weighted by atomic mass is 9.72. The third-order valence-corrected chi connectivity index (χ3v) is 3.31. The minimum atomic E-state index is 0.206. The van der Waals surface area contributed by atoms with Crippen LogP contribution in [0.25, 0.3) is 0 Å². The molecule has 0 N–H and O–H groups in total. The largest absolute Gasteiger partial charge is 0.290 e. The Morgan fingerprint density at radius 1 is 1.43 bits per heavy atom. The van der Waals surface area contributed by atoms with Crippen molar-refractivity contribution in [1.29, 1.82) is 0 Å². The summed E-state index contributed by atoms with van der Waals surface area (Å²) >= 11 is 0. The maximum absolute atomic E-state index is 11.8. The van der Waals surface area contributed by atoms with Gasteiger partial charge in [0.1, 0.15) is 0 Å². The van der Waals surface area contributed by atoms with Crippen LogP contribution in [0.5, 0.6) is 0 Å².